The number of halogens is 1. The van der Waals surface area contributed by atoms with Crippen LogP contribution in [0, 0.1) is 3.57 Å². The van der Waals surface area contributed by atoms with E-state index in [0.29, 0.717) is 6.54 Å². The van der Waals surface area contributed by atoms with Gasteiger partial charge >= 0.3 is 0 Å². The van der Waals surface area contributed by atoms with Crippen LogP contribution in [0.5, 0.6) is 0 Å². The lowest BCUT2D eigenvalue weighted by atomic mass is 10.3. The van der Waals surface area contributed by atoms with Crippen LogP contribution in [-0.4, -0.2) is 38.8 Å². The molecule has 1 heterocycles. The van der Waals surface area contributed by atoms with Crippen molar-refractivity contribution >= 4 is 34.2 Å². The topological polar surface area (TPSA) is 42.8 Å². The van der Waals surface area contributed by atoms with E-state index < -0.39 is 0 Å². The van der Waals surface area contributed by atoms with Gasteiger partial charge in [0.15, 0.2) is 6.54 Å². The highest BCUT2D eigenvalue weighted by molar-refractivity contribution is 14.1. The first-order valence-electron chi connectivity index (χ1n) is 5.71. The summed E-state index contributed by atoms with van der Waals surface area (Å²) in [4.78, 5) is 13.1. The third kappa shape index (κ3) is 4.25. The fourth-order valence-corrected chi connectivity index (χ4v) is 2.16. The van der Waals surface area contributed by atoms with E-state index in [4.69, 9.17) is 4.74 Å². The SMILES string of the molecule is O=C(C[NH+]1CCOCC1)Nc1ccc(I)cc1. The molecular formula is C12H16IN2O2+. The number of ether oxygens (including phenoxy) is 1. The fourth-order valence-electron chi connectivity index (χ4n) is 1.80. The maximum absolute atomic E-state index is 11.8. The zero-order valence-corrected chi connectivity index (χ0v) is 11.7. The van der Waals surface area contributed by atoms with Crippen LogP contribution < -0.4 is 10.2 Å². The lowest BCUT2D eigenvalue weighted by Gasteiger charge is -2.23. The second-order valence-electron chi connectivity index (χ2n) is 4.09. The number of hydrogen-bond donors (Lipinski definition) is 2. The van der Waals surface area contributed by atoms with Crippen molar-refractivity contribution in [3.8, 4) is 0 Å². The monoisotopic (exact) mass is 347 g/mol. The van der Waals surface area contributed by atoms with Gasteiger partial charge in [-0.3, -0.25) is 4.79 Å². The van der Waals surface area contributed by atoms with Crippen molar-refractivity contribution in [2.75, 3.05) is 38.2 Å². The van der Waals surface area contributed by atoms with Crippen LogP contribution >= 0.6 is 22.6 Å². The zero-order chi connectivity index (χ0) is 12.1. The van der Waals surface area contributed by atoms with Crippen LogP contribution in [0.3, 0.4) is 0 Å². The van der Waals surface area contributed by atoms with Crippen molar-refractivity contribution in [1.29, 1.82) is 0 Å². The number of anilines is 1. The average Bonchev–Trinajstić information content (AvgIpc) is 2.33. The Morgan fingerprint density at radius 2 is 1.94 bits per heavy atom. The fraction of sp³-hybridized carbons (Fsp3) is 0.417. The third-order valence-electron chi connectivity index (χ3n) is 2.74. The third-order valence-corrected chi connectivity index (χ3v) is 3.46. The van der Waals surface area contributed by atoms with Gasteiger partial charge in [-0.05, 0) is 46.9 Å². The minimum Gasteiger partial charge on any atom is -0.370 e. The van der Waals surface area contributed by atoms with Gasteiger partial charge in [0.05, 0.1) is 13.2 Å². The summed E-state index contributed by atoms with van der Waals surface area (Å²) in [5.74, 6) is 0.0723. The first kappa shape index (κ1) is 12.8. The molecule has 0 radical (unpaired) electrons. The van der Waals surface area contributed by atoms with E-state index in [1.54, 1.807) is 0 Å². The Hall–Kier alpha value is -0.660. The van der Waals surface area contributed by atoms with Crippen molar-refractivity contribution in [1.82, 2.24) is 0 Å². The molecule has 17 heavy (non-hydrogen) atoms. The zero-order valence-electron chi connectivity index (χ0n) is 9.54. The first-order chi connectivity index (χ1) is 8.24. The summed E-state index contributed by atoms with van der Waals surface area (Å²) >= 11 is 2.24. The van der Waals surface area contributed by atoms with Gasteiger partial charge in [-0.1, -0.05) is 0 Å². The highest BCUT2D eigenvalue weighted by Crippen LogP contribution is 2.10. The van der Waals surface area contributed by atoms with Gasteiger partial charge in [0.2, 0.25) is 0 Å². The van der Waals surface area contributed by atoms with Gasteiger partial charge in [0, 0.05) is 9.26 Å². The van der Waals surface area contributed by atoms with Crippen molar-refractivity contribution < 1.29 is 14.4 Å². The predicted molar refractivity (Wildman–Crippen MR) is 74.2 cm³/mol. The van der Waals surface area contributed by atoms with Crippen molar-refractivity contribution in [2.24, 2.45) is 0 Å². The summed E-state index contributed by atoms with van der Waals surface area (Å²) in [6, 6.07) is 7.82. The lowest BCUT2D eigenvalue weighted by Crippen LogP contribution is -3.15. The van der Waals surface area contributed by atoms with Gasteiger partial charge in [-0.2, -0.15) is 0 Å². The van der Waals surface area contributed by atoms with Gasteiger partial charge in [0.25, 0.3) is 5.91 Å². The van der Waals surface area contributed by atoms with Crippen LogP contribution in [0.25, 0.3) is 0 Å². The summed E-state index contributed by atoms with van der Waals surface area (Å²) in [6.07, 6.45) is 0. The van der Waals surface area contributed by atoms with Crippen LogP contribution in [0.15, 0.2) is 24.3 Å². The standard InChI is InChI=1S/C12H15IN2O2/c13-10-1-3-11(4-2-10)14-12(16)9-15-5-7-17-8-6-15/h1-4H,5-9H2,(H,14,16)/p+1. The number of benzene rings is 1. The number of morpholine rings is 1. The second kappa shape index (κ2) is 6.32. The van der Waals surface area contributed by atoms with Gasteiger partial charge in [-0.25, -0.2) is 0 Å². The largest absolute Gasteiger partial charge is 0.370 e. The highest BCUT2D eigenvalue weighted by Gasteiger charge is 2.17. The Morgan fingerprint density at radius 3 is 2.59 bits per heavy atom. The maximum Gasteiger partial charge on any atom is 0.279 e. The maximum atomic E-state index is 11.8. The quantitative estimate of drug-likeness (QED) is 0.765. The Labute approximate surface area is 114 Å². The molecule has 2 rings (SSSR count). The first-order valence-corrected chi connectivity index (χ1v) is 6.78. The lowest BCUT2D eigenvalue weighted by molar-refractivity contribution is -0.899. The summed E-state index contributed by atoms with van der Waals surface area (Å²) < 4.78 is 6.43. The Morgan fingerprint density at radius 1 is 1.29 bits per heavy atom. The molecule has 0 spiro atoms. The molecule has 0 atom stereocenters. The number of quaternary nitrogens is 1. The minimum atomic E-state index is 0.0723. The number of hydrogen-bond acceptors (Lipinski definition) is 2. The summed E-state index contributed by atoms with van der Waals surface area (Å²) in [6.45, 7) is 3.87. The number of rotatable bonds is 3. The summed E-state index contributed by atoms with van der Waals surface area (Å²) in [7, 11) is 0. The number of carbonyl (C=O) groups excluding carboxylic acids is 1. The summed E-state index contributed by atoms with van der Waals surface area (Å²) in [5, 5.41) is 2.91. The molecule has 0 bridgehead atoms. The van der Waals surface area contributed by atoms with Crippen LogP contribution in [0.4, 0.5) is 5.69 Å². The van der Waals surface area contributed by atoms with E-state index >= 15 is 0 Å². The highest BCUT2D eigenvalue weighted by atomic mass is 127. The molecular weight excluding hydrogens is 331 g/mol. The van der Waals surface area contributed by atoms with E-state index in [1.165, 1.54) is 8.47 Å². The number of nitrogens with one attached hydrogen (secondary N) is 2. The van der Waals surface area contributed by atoms with Gasteiger partial charge in [-0.15, -0.1) is 0 Å². The molecule has 92 valence electrons. The average molecular weight is 347 g/mol. The second-order valence-corrected chi connectivity index (χ2v) is 5.34. The van der Waals surface area contributed by atoms with Gasteiger partial charge < -0.3 is 15.0 Å². The van der Waals surface area contributed by atoms with Crippen LogP contribution in [0.2, 0.25) is 0 Å². The Balaban J connectivity index is 1.82. The molecule has 0 saturated carbocycles. The normalized spacial score (nSPS) is 16.8. The molecule has 1 aromatic rings. The summed E-state index contributed by atoms with van der Waals surface area (Å²) in [5.41, 5.74) is 0.864. The molecule has 1 fully saturated rings. The number of carbonyl (C=O) groups is 1. The molecule has 1 aliphatic heterocycles. The Kier molecular flexibility index (Phi) is 4.75. The molecule has 4 nitrogen and oxygen atoms in total. The molecule has 1 saturated heterocycles. The molecule has 1 aliphatic rings. The molecule has 0 unspecified atom stereocenters. The van der Waals surface area contributed by atoms with E-state index in [9.17, 15) is 4.79 Å². The van der Waals surface area contributed by atoms with E-state index in [-0.39, 0.29) is 5.91 Å². The minimum absolute atomic E-state index is 0.0723. The predicted octanol–water partition coefficient (Wildman–Crippen LogP) is 0.145. The van der Waals surface area contributed by atoms with Crippen molar-refractivity contribution in [3.05, 3.63) is 27.8 Å². The Bertz CT molecular complexity index is 375. The van der Waals surface area contributed by atoms with Crippen LogP contribution in [0.1, 0.15) is 0 Å². The van der Waals surface area contributed by atoms with E-state index in [1.807, 2.05) is 24.3 Å². The molecule has 1 amide bonds. The van der Waals surface area contributed by atoms with Crippen molar-refractivity contribution in [2.45, 2.75) is 0 Å². The molecule has 0 aliphatic carbocycles. The molecule has 2 N–H and O–H groups in total. The van der Waals surface area contributed by atoms with Gasteiger partial charge in [0.1, 0.15) is 13.1 Å². The van der Waals surface area contributed by atoms with Crippen molar-refractivity contribution in [3.63, 3.8) is 0 Å². The smallest absolute Gasteiger partial charge is 0.279 e. The molecule has 1 aromatic carbocycles. The number of amides is 1. The van der Waals surface area contributed by atoms with E-state index in [2.05, 4.69) is 27.9 Å². The molecule has 0 aromatic heterocycles. The van der Waals surface area contributed by atoms with Crippen LogP contribution in [-0.2, 0) is 9.53 Å². The van der Waals surface area contributed by atoms with E-state index in [0.717, 1.165) is 32.0 Å². The molecule has 5 heteroatoms.